The van der Waals surface area contributed by atoms with Crippen molar-refractivity contribution >= 4 is 18.1 Å². The minimum atomic E-state index is -0.986. The number of hydrogen-bond donors (Lipinski definition) is 3. The van der Waals surface area contributed by atoms with Gasteiger partial charge in [0.25, 0.3) is 0 Å². The Labute approximate surface area is 75.6 Å². The van der Waals surface area contributed by atoms with E-state index < -0.39 is 23.9 Å². The van der Waals surface area contributed by atoms with Gasteiger partial charge in [-0.2, -0.15) is 0 Å². The van der Waals surface area contributed by atoms with Crippen LogP contribution in [-0.2, 0) is 14.4 Å². The van der Waals surface area contributed by atoms with Crippen LogP contribution >= 0.6 is 0 Å². The SMILES string of the molecule is CC(C=O)NC(=O)C(N)CC(N)=O. The van der Waals surface area contributed by atoms with Gasteiger partial charge in [0.05, 0.1) is 18.5 Å². The summed E-state index contributed by atoms with van der Waals surface area (Å²) in [6.07, 6.45) is 0.340. The molecule has 0 aliphatic carbocycles. The van der Waals surface area contributed by atoms with E-state index in [1.54, 1.807) is 0 Å². The molecule has 2 atom stereocenters. The van der Waals surface area contributed by atoms with Gasteiger partial charge >= 0.3 is 0 Å². The monoisotopic (exact) mass is 187 g/mol. The van der Waals surface area contributed by atoms with Crippen LogP contribution in [0.4, 0.5) is 0 Å². The summed E-state index contributed by atoms with van der Waals surface area (Å²) >= 11 is 0. The van der Waals surface area contributed by atoms with Crippen molar-refractivity contribution < 1.29 is 14.4 Å². The Bertz CT molecular complexity index is 217. The van der Waals surface area contributed by atoms with Crippen molar-refractivity contribution in [3.05, 3.63) is 0 Å². The lowest BCUT2D eigenvalue weighted by Crippen LogP contribution is -2.46. The molecule has 0 aliphatic rings. The Morgan fingerprint density at radius 3 is 2.46 bits per heavy atom. The summed E-state index contributed by atoms with van der Waals surface area (Å²) in [7, 11) is 0. The standard InChI is InChI=1S/C7H13N3O3/c1-4(3-11)10-7(13)5(8)2-6(9)12/h3-5H,2,8H2,1H3,(H2,9,12)(H,10,13). The van der Waals surface area contributed by atoms with Crippen LogP contribution in [0.2, 0.25) is 0 Å². The lowest BCUT2D eigenvalue weighted by Gasteiger charge is -2.11. The maximum atomic E-state index is 11.0. The number of primary amides is 1. The van der Waals surface area contributed by atoms with Crippen LogP contribution in [0, 0.1) is 0 Å². The summed E-state index contributed by atoms with van der Waals surface area (Å²) in [5.41, 5.74) is 10.1. The molecule has 0 saturated heterocycles. The van der Waals surface area contributed by atoms with Gasteiger partial charge in [0.1, 0.15) is 6.29 Å². The zero-order chi connectivity index (χ0) is 10.4. The zero-order valence-electron chi connectivity index (χ0n) is 7.32. The molecule has 74 valence electrons. The molecule has 0 bridgehead atoms. The van der Waals surface area contributed by atoms with Crippen molar-refractivity contribution in [2.75, 3.05) is 0 Å². The normalized spacial score (nSPS) is 14.3. The van der Waals surface area contributed by atoms with Gasteiger partial charge in [-0.25, -0.2) is 0 Å². The molecule has 0 aliphatic heterocycles. The molecule has 0 aromatic rings. The average Bonchev–Trinajstić information content (AvgIpc) is 2.02. The Hall–Kier alpha value is -1.43. The second-order valence-electron chi connectivity index (χ2n) is 2.71. The van der Waals surface area contributed by atoms with E-state index in [2.05, 4.69) is 5.32 Å². The average molecular weight is 187 g/mol. The van der Waals surface area contributed by atoms with Crippen molar-refractivity contribution in [1.29, 1.82) is 0 Å². The van der Waals surface area contributed by atoms with Gasteiger partial charge in [-0.3, -0.25) is 9.59 Å². The van der Waals surface area contributed by atoms with Crippen molar-refractivity contribution in [2.45, 2.75) is 25.4 Å². The molecule has 0 spiro atoms. The van der Waals surface area contributed by atoms with E-state index in [4.69, 9.17) is 11.5 Å². The molecule has 6 heteroatoms. The molecule has 2 unspecified atom stereocenters. The summed E-state index contributed by atoms with van der Waals surface area (Å²) in [5.74, 6) is -1.21. The highest BCUT2D eigenvalue weighted by atomic mass is 16.2. The van der Waals surface area contributed by atoms with Gasteiger partial charge in [0.2, 0.25) is 11.8 Å². The molecule has 0 fully saturated rings. The molecule has 0 aromatic carbocycles. The maximum absolute atomic E-state index is 11.0. The van der Waals surface area contributed by atoms with Gasteiger partial charge in [-0.1, -0.05) is 0 Å². The van der Waals surface area contributed by atoms with Gasteiger partial charge in [-0.15, -0.1) is 0 Å². The Balaban J connectivity index is 3.95. The molecule has 0 rings (SSSR count). The van der Waals surface area contributed by atoms with E-state index in [0.29, 0.717) is 6.29 Å². The molecule has 0 saturated carbocycles. The largest absolute Gasteiger partial charge is 0.370 e. The Morgan fingerprint density at radius 2 is 2.08 bits per heavy atom. The predicted octanol–water partition coefficient (Wildman–Crippen LogP) is -2.11. The molecular formula is C7H13N3O3. The molecule has 0 aromatic heterocycles. The number of amides is 2. The molecule has 13 heavy (non-hydrogen) atoms. The molecule has 5 N–H and O–H groups in total. The highest BCUT2D eigenvalue weighted by molar-refractivity contribution is 5.88. The van der Waals surface area contributed by atoms with E-state index in [-0.39, 0.29) is 6.42 Å². The Morgan fingerprint density at radius 1 is 1.54 bits per heavy atom. The summed E-state index contributed by atoms with van der Waals surface area (Å²) in [5, 5.41) is 2.29. The second kappa shape index (κ2) is 5.26. The van der Waals surface area contributed by atoms with E-state index in [0.717, 1.165) is 0 Å². The lowest BCUT2D eigenvalue weighted by molar-refractivity contribution is -0.127. The van der Waals surface area contributed by atoms with Crippen molar-refractivity contribution in [1.82, 2.24) is 5.32 Å². The smallest absolute Gasteiger partial charge is 0.238 e. The zero-order valence-corrected chi connectivity index (χ0v) is 7.32. The second-order valence-corrected chi connectivity index (χ2v) is 2.71. The number of nitrogens with two attached hydrogens (primary N) is 2. The third-order valence-corrected chi connectivity index (χ3v) is 1.33. The first kappa shape index (κ1) is 11.6. The van der Waals surface area contributed by atoms with Crippen LogP contribution in [-0.4, -0.2) is 30.2 Å². The van der Waals surface area contributed by atoms with Crippen molar-refractivity contribution in [3.8, 4) is 0 Å². The van der Waals surface area contributed by atoms with Crippen LogP contribution in [0.25, 0.3) is 0 Å². The molecular weight excluding hydrogens is 174 g/mol. The van der Waals surface area contributed by atoms with Crippen LogP contribution in [0.3, 0.4) is 0 Å². The first-order valence-corrected chi connectivity index (χ1v) is 3.77. The fourth-order valence-corrected chi connectivity index (χ4v) is 0.675. The molecule has 6 nitrogen and oxygen atoms in total. The van der Waals surface area contributed by atoms with E-state index in [9.17, 15) is 14.4 Å². The number of nitrogens with one attached hydrogen (secondary N) is 1. The number of carbonyl (C=O) groups excluding carboxylic acids is 3. The predicted molar refractivity (Wildman–Crippen MR) is 45.5 cm³/mol. The molecule has 0 heterocycles. The Kier molecular flexibility index (Phi) is 4.68. The molecule has 2 amide bonds. The highest BCUT2D eigenvalue weighted by Gasteiger charge is 2.16. The summed E-state index contributed by atoms with van der Waals surface area (Å²) in [6, 6.07) is -1.59. The molecule has 0 radical (unpaired) electrons. The van der Waals surface area contributed by atoms with Crippen molar-refractivity contribution in [2.24, 2.45) is 11.5 Å². The number of hydrogen-bond acceptors (Lipinski definition) is 4. The number of carbonyl (C=O) groups is 3. The van der Waals surface area contributed by atoms with Crippen molar-refractivity contribution in [3.63, 3.8) is 0 Å². The van der Waals surface area contributed by atoms with Gasteiger partial charge in [0.15, 0.2) is 0 Å². The fraction of sp³-hybridized carbons (Fsp3) is 0.571. The summed E-state index contributed by atoms with van der Waals surface area (Å²) in [4.78, 5) is 31.5. The first-order chi connectivity index (χ1) is 5.97. The van der Waals surface area contributed by atoms with Crippen LogP contribution < -0.4 is 16.8 Å². The third kappa shape index (κ3) is 4.91. The summed E-state index contributed by atoms with van der Waals surface area (Å²) < 4.78 is 0. The highest BCUT2D eigenvalue weighted by Crippen LogP contribution is 1.87. The van der Waals surface area contributed by atoms with Gasteiger partial charge < -0.3 is 21.6 Å². The van der Waals surface area contributed by atoms with Gasteiger partial charge in [0, 0.05) is 0 Å². The fourth-order valence-electron chi connectivity index (χ4n) is 0.675. The number of aldehydes is 1. The number of rotatable bonds is 5. The maximum Gasteiger partial charge on any atom is 0.238 e. The lowest BCUT2D eigenvalue weighted by atomic mass is 10.2. The van der Waals surface area contributed by atoms with Crippen LogP contribution in [0.15, 0.2) is 0 Å². The van der Waals surface area contributed by atoms with E-state index >= 15 is 0 Å². The van der Waals surface area contributed by atoms with E-state index in [1.807, 2.05) is 0 Å². The van der Waals surface area contributed by atoms with Crippen LogP contribution in [0.5, 0.6) is 0 Å². The first-order valence-electron chi connectivity index (χ1n) is 3.77. The minimum Gasteiger partial charge on any atom is -0.370 e. The van der Waals surface area contributed by atoms with E-state index in [1.165, 1.54) is 6.92 Å². The minimum absolute atomic E-state index is 0.225. The topological polar surface area (TPSA) is 115 Å². The van der Waals surface area contributed by atoms with Gasteiger partial charge in [-0.05, 0) is 6.92 Å². The quantitative estimate of drug-likeness (QED) is 0.427. The summed E-state index contributed by atoms with van der Waals surface area (Å²) in [6.45, 7) is 1.50. The van der Waals surface area contributed by atoms with Crippen LogP contribution in [0.1, 0.15) is 13.3 Å². The third-order valence-electron chi connectivity index (χ3n) is 1.33.